The minimum Gasteiger partial charge on any atom is -0.388 e. The summed E-state index contributed by atoms with van der Waals surface area (Å²) in [7, 11) is 0. The molecule has 2 nitrogen and oxygen atoms in total. The SMILES string of the molecule is NCC[C@H](O)c1ccc(-c2ccc3ccccc3c2)cc1. The molecule has 0 heterocycles. The molecule has 3 aromatic carbocycles. The summed E-state index contributed by atoms with van der Waals surface area (Å²) in [5, 5.41) is 12.4. The Kier molecular flexibility index (Phi) is 4.00. The maximum absolute atomic E-state index is 9.94. The molecule has 3 N–H and O–H groups in total. The Morgan fingerprint density at radius 3 is 2.19 bits per heavy atom. The number of nitrogens with two attached hydrogens (primary N) is 1. The first-order valence-corrected chi connectivity index (χ1v) is 7.25. The van der Waals surface area contributed by atoms with Crippen molar-refractivity contribution in [3.05, 3.63) is 72.3 Å². The quantitative estimate of drug-likeness (QED) is 0.760. The molecule has 2 heteroatoms. The molecule has 106 valence electrons. The van der Waals surface area contributed by atoms with Crippen LogP contribution in [0.25, 0.3) is 21.9 Å². The van der Waals surface area contributed by atoms with E-state index >= 15 is 0 Å². The third kappa shape index (κ3) is 2.97. The number of rotatable bonds is 4. The molecule has 0 fully saturated rings. The van der Waals surface area contributed by atoms with Gasteiger partial charge in [0.25, 0.3) is 0 Å². The standard InChI is InChI=1S/C19H19NO/c20-12-11-19(21)16-8-5-15(6-9-16)18-10-7-14-3-1-2-4-17(14)13-18/h1-10,13,19,21H,11-12,20H2/t19-/m0/s1. The maximum Gasteiger partial charge on any atom is 0.0802 e. The number of hydrogen-bond acceptors (Lipinski definition) is 2. The lowest BCUT2D eigenvalue weighted by Crippen LogP contribution is -2.06. The van der Waals surface area contributed by atoms with Crippen molar-refractivity contribution < 1.29 is 5.11 Å². The molecule has 0 unspecified atom stereocenters. The van der Waals surface area contributed by atoms with Crippen molar-refractivity contribution in [3.8, 4) is 11.1 Å². The van der Waals surface area contributed by atoms with Crippen LogP contribution in [0.4, 0.5) is 0 Å². The van der Waals surface area contributed by atoms with Crippen molar-refractivity contribution in [2.24, 2.45) is 5.73 Å². The lowest BCUT2D eigenvalue weighted by molar-refractivity contribution is 0.170. The van der Waals surface area contributed by atoms with E-state index in [4.69, 9.17) is 5.73 Å². The van der Waals surface area contributed by atoms with E-state index in [-0.39, 0.29) is 0 Å². The molecule has 1 atom stereocenters. The number of benzene rings is 3. The van der Waals surface area contributed by atoms with Crippen molar-refractivity contribution in [1.29, 1.82) is 0 Å². The number of aliphatic hydroxyl groups excluding tert-OH is 1. The molecular formula is C19H19NO. The summed E-state index contributed by atoms with van der Waals surface area (Å²) in [6, 6.07) is 22.9. The Labute approximate surface area is 124 Å². The average Bonchev–Trinajstić information content (AvgIpc) is 2.55. The van der Waals surface area contributed by atoms with Crippen LogP contribution in [0.3, 0.4) is 0 Å². The summed E-state index contributed by atoms with van der Waals surface area (Å²) >= 11 is 0. The highest BCUT2D eigenvalue weighted by Gasteiger charge is 2.06. The van der Waals surface area contributed by atoms with Gasteiger partial charge in [0, 0.05) is 0 Å². The zero-order valence-electron chi connectivity index (χ0n) is 11.9. The van der Waals surface area contributed by atoms with Gasteiger partial charge in [0.1, 0.15) is 0 Å². The highest BCUT2D eigenvalue weighted by atomic mass is 16.3. The van der Waals surface area contributed by atoms with Gasteiger partial charge in [0.2, 0.25) is 0 Å². The predicted molar refractivity (Wildman–Crippen MR) is 88.0 cm³/mol. The summed E-state index contributed by atoms with van der Waals surface area (Å²) in [5.41, 5.74) is 8.75. The molecule has 0 aliphatic carbocycles. The van der Waals surface area contributed by atoms with Gasteiger partial charge in [-0.05, 0) is 46.5 Å². The fourth-order valence-corrected chi connectivity index (χ4v) is 2.59. The summed E-state index contributed by atoms with van der Waals surface area (Å²) in [6.07, 6.45) is 0.121. The van der Waals surface area contributed by atoms with Crippen LogP contribution in [0.5, 0.6) is 0 Å². The van der Waals surface area contributed by atoms with E-state index in [1.807, 2.05) is 12.1 Å². The van der Waals surface area contributed by atoms with Gasteiger partial charge in [-0.1, -0.05) is 60.7 Å². The van der Waals surface area contributed by atoms with Gasteiger partial charge < -0.3 is 10.8 Å². The predicted octanol–water partition coefficient (Wildman–Crippen LogP) is 3.89. The van der Waals surface area contributed by atoms with Gasteiger partial charge in [-0.25, -0.2) is 0 Å². The lowest BCUT2D eigenvalue weighted by atomic mass is 9.98. The van der Waals surface area contributed by atoms with Crippen LogP contribution < -0.4 is 5.73 Å². The van der Waals surface area contributed by atoms with E-state index in [1.165, 1.54) is 16.3 Å². The van der Waals surface area contributed by atoms with Gasteiger partial charge in [-0.2, -0.15) is 0 Å². The van der Waals surface area contributed by atoms with Gasteiger partial charge in [0.15, 0.2) is 0 Å². The Bertz CT molecular complexity index is 734. The van der Waals surface area contributed by atoms with Crippen LogP contribution in [0.15, 0.2) is 66.7 Å². The number of hydrogen-bond donors (Lipinski definition) is 2. The summed E-state index contributed by atoms with van der Waals surface area (Å²) < 4.78 is 0. The molecule has 0 aliphatic rings. The van der Waals surface area contributed by atoms with Crippen molar-refractivity contribution >= 4 is 10.8 Å². The van der Waals surface area contributed by atoms with E-state index in [0.717, 1.165) is 11.1 Å². The molecular weight excluding hydrogens is 258 g/mol. The van der Waals surface area contributed by atoms with Crippen molar-refractivity contribution in [3.63, 3.8) is 0 Å². The Hall–Kier alpha value is -2.16. The monoisotopic (exact) mass is 277 g/mol. The highest BCUT2D eigenvalue weighted by Crippen LogP contribution is 2.26. The van der Waals surface area contributed by atoms with Crippen LogP contribution in [0.2, 0.25) is 0 Å². The molecule has 0 aromatic heterocycles. The van der Waals surface area contributed by atoms with Crippen molar-refractivity contribution in [2.45, 2.75) is 12.5 Å². The zero-order chi connectivity index (χ0) is 14.7. The van der Waals surface area contributed by atoms with Crippen molar-refractivity contribution in [2.75, 3.05) is 6.54 Å². The second-order valence-corrected chi connectivity index (χ2v) is 5.28. The smallest absolute Gasteiger partial charge is 0.0802 e. The third-order valence-electron chi connectivity index (χ3n) is 3.82. The molecule has 0 saturated heterocycles. The summed E-state index contributed by atoms with van der Waals surface area (Å²) in [4.78, 5) is 0. The third-order valence-corrected chi connectivity index (χ3v) is 3.82. The van der Waals surface area contributed by atoms with Crippen LogP contribution in [-0.2, 0) is 0 Å². The fourth-order valence-electron chi connectivity index (χ4n) is 2.59. The molecule has 0 amide bonds. The van der Waals surface area contributed by atoms with Gasteiger partial charge in [-0.3, -0.25) is 0 Å². The molecule has 0 aliphatic heterocycles. The minimum absolute atomic E-state index is 0.472. The van der Waals surface area contributed by atoms with Gasteiger partial charge in [0.05, 0.1) is 6.10 Å². The topological polar surface area (TPSA) is 46.2 Å². The average molecular weight is 277 g/mol. The fraction of sp³-hybridized carbons (Fsp3) is 0.158. The Morgan fingerprint density at radius 2 is 1.48 bits per heavy atom. The van der Waals surface area contributed by atoms with Crippen LogP contribution in [-0.4, -0.2) is 11.7 Å². The Morgan fingerprint density at radius 1 is 0.810 bits per heavy atom. The van der Waals surface area contributed by atoms with Gasteiger partial charge in [-0.15, -0.1) is 0 Å². The normalized spacial score (nSPS) is 12.5. The summed E-state index contributed by atoms with van der Waals surface area (Å²) in [6.45, 7) is 0.494. The second kappa shape index (κ2) is 6.08. The van der Waals surface area contributed by atoms with Crippen LogP contribution in [0, 0.1) is 0 Å². The molecule has 21 heavy (non-hydrogen) atoms. The first kappa shape index (κ1) is 13.8. The van der Waals surface area contributed by atoms with E-state index in [2.05, 4.69) is 54.6 Å². The second-order valence-electron chi connectivity index (χ2n) is 5.28. The largest absolute Gasteiger partial charge is 0.388 e. The number of aliphatic hydroxyl groups is 1. The minimum atomic E-state index is -0.472. The molecule has 0 spiro atoms. The molecule has 3 rings (SSSR count). The first-order valence-electron chi connectivity index (χ1n) is 7.25. The van der Waals surface area contributed by atoms with E-state index < -0.39 is 6.10 Å². The molecule has 0 bridgehead atoms. The zero-order valence-corrected chi connectivity index (χ0v) is 11.9. The maximum atomic E-state index is 9.94. The van der Waals surface area contributed by atoms with Crippen LogP contribution >= 0.6 is 0 Å². The van der Waals surface area contributed by atoms with E-state index in [0.29, 0.717) is 13.0 Å². The van der Waals surface area contributed by atoms with Crippen LogP contribution in [0.1, 0.15) is 18.1 Å². The number of fused-ring (bicyclic) bond motifs is 1. The highest BCUT2D eigenvalue weighted by molar-refractivity contribution is 5.87. The summed E-state index contributed by atoms with van der Waals surface area (Å²) in [5.74, 6) is 0. The molecule has 3 aromatic rings. The first-order chi connectivity index (χ1) is 10.3. The van der Waals surface area contributed by atoms with Crippen molar-refractivity contribution in [1.82, 2.24) is 0 Å². The van der Waals surface area contributed by atoms with E-state index in [9.17, 15) is 5.11 Å². The molecule has 0 radical (unpaired) electrons. The van der Waals surface area contributed by atoms with E-state index in [1.54, 1.807) is 0 Å². The van der Waals surface area contributed by atoms with Gasteiger partial charge >= 0.3 is 0 Å². The molecule has 0 saturated carbocycles. The lowest BCUT2D eigenvalue weighted by Gasteiger charge is -2.10. The Balaban J connectivity index is 1.91.